The van der Waals surface area contributed by atoms with Crippen molar-refractivity contribution in [3.8, 4) is 12.3 Å². The van der Waals surface area contributed by atoms with Crippen LogP contribution in [0.3, 0.4) is 0 Å². The minimum atomic E-state index is -0.166. The monoisotopic (exact) mass is 462 g/mol. The average molecular weight is 462 g/mol. The van der Waals surface area contributed by atoms with Crippen molar-refractivity contribution < 1.29 is 4.79 Å². The second kappa shape index (κ2) is 11.9. The lowest BCUT2D eigenvalue weighted by Crippen LogP contribution is -2.42. The summed E-state index contributed by atoms with van der Waals surface area (Å²) in [6, 6.07) is 17.4. The molecular formula is C20H23IN4O. The number of amides is 1. The molecule has 0 aromatic heterocycles. The van der Waals surface area contributed by atoms with E-state index in [1.165, 1.54) is 5.56 Å². The van der Waals surface area contributed by atoms with E-state index in [4.69, 9.17) is 6.42 Å². The fourth-order valence-corrected chi connectivity index (χ4v) is 2.25. The number of carbonyl (C=O) groups excluding carboxylic acids is 1. The van der Waals surface area contributed by atoms with Crippen molar-refractivity contribution >= 4 is 41.5 Å². The van der Waals surface area contributed by atoms with Crippen molar-refractivity contribution in [2.24, 2.45) is 4.99 Å². The van der Waals surface area contributed by atoms with Gasteiger partial charge in [0.05, 0.1) is 6.54 Å². The van der Waals surface area contributed by atoms with Crippen LogP contribution in [0.15, 0.2) is 59.6 Å². The Morgan fingerprint density at radius 1 is 1.12 bits per heavy atom. The number of nitrogens with zero attached hydrogens (tertiary/aromatic N) is 1. The Hall–Kier alpha value is -2.53. The van der Waals surface area contributed by atoms with E-state index in [1.54, 1.807) is 19.2 Å². The summed E-state index contributed by atoms with van der Waals surface area (Å²) in [4.78, 5) is 16.1. The molecule has 5 nitrogen and oxygen atoms in total. The van der Waals surface area contributed by atoms with Gasteiger partial charge in [0, 0.05) is 24.8 Å². The molecule has 1 amide bonds. The molecule has 0 aliphatic heterocycles. The summed E-state index contributed by atoms with van der Waals surface area (Å²) in [6.07, 6.45) is 6.24. The number of benzene rings is 2. The van der Waals surface area contributed by atoms with Gasteiger partial charge in [-0.15, -0.1) is 30.4 Å². The summed E-state index contributed by atoms with van der Waals surface area (Å²) in [5.41, 5.74) is 2.65. The van der Waals surface area contributed by atoms with Crippen LogP contribution >= 0.6 is 24.0 Å². The summed E-state index contributed by atoms with van der Waals surface area (Å²) in [6.45, 7) is 0.848. The van der Waals surface area contributed by atoms with E-state index < -0.39 is 0 Å². The van der Waals surface area contributed by atoms with Gasteiger partial charge in [-0.1, -0.05) is 42.3 Å². The minimum absolute atomic E-state index is 0. The highest BCUT2D eigenvalue weighted by molar-refractivity contribution is 14.0. The highest BCUT2D eigenvalue weighted by Crippen LogP contribution is 2.09. The third-order valence-corrected chi connectivity index (χ3v) is 3.50. The molecule has 26 heavy (non-hydrogen) atoms. The van der Waals surface area contributed by atoms with Crippen LogP contribution in [0.5, 0.6) is 0 Å². The number of hydrogen-bond acceptors (Lipinski definition) is 2. The Bertz CT molecular complexity index is 769. The van der Waals surface area contributed by atoms with Gasteiger partial charge in [-0.05, 0) is 30.2 Å². The second-order valence-corrected chi connectivity index (χ2v) is 5.36. The molecule has 6 heteroatoms. The maximum Gasteiger partial charge on any atom is 0.243 e. The molecule has 0 saturated carbocycles. The van der Waals surface area contributed by atoms with Crippen LogP contribution in [0.2, 0.25) is 0 Å². The van der Waals surface area contributed by atoms with Crippen LogP contribution in [0.1, 0.15) is 11.1 Å². The highest BCUT2D eigenvalue weighted by atomic mass is 127. The van der Waals surface area contributed by atoms with Crippen molar-refractivity contribution in [2.45, 2.75) is 6.42 Å². The summed E-state index contributed by atoms with van der Waals surface area (Å²) in [5.74, 6) is 2.96. The molecule has 0 fully saturated rings. The summed E-state index contributed by atoms with van der Waals surface area (Å²) in [7, 11) is 1.67. The average Bonchev–Trinajstić information content (AvgIpc) is 2.65. The predicted molar refractivity (Wildman–Crippen MR) is 118 cm³/mol. The molecule has 2 aromatic rings. The lowest BCUT2D eigenvalue weighted by molar-refractivity contribution is -0.115. The quantitative estimate of drug-likeness (QED) is 0.268. The van der Waals surface area contributed by atoms with Crippen molar-refractivity contribution in [2.75, 3.05) is 25.5 Å². The predicted octanol–water partition coefficient (Wildman–Crippen LogP) is 2.63. The van der Waals surface area contributed by atoms with Gasteiger partial charge in [-0.3, -0.25) is 9.79 Å². The Kier molecular flexibility index (Phi) is 9.87. The first-order valence-electron chi connectivity index (χ1n) is 8.06. The van der Waals surface area contributed by atoms with Crippen LogP contribution in [0.4, 0.5) is 5.69 Å². The van der Waals surface area contributed by atoms with E-state index in [1.807, 2.05) is 30.3 Å². The van der Waals surface area contributed by atoms with Gasteiger partial charge in [0.25, 0.3) is 0 Å². The van der Waals surface area contributed by atoms with E-state index in [2.05, 4.69) is 39.0 Å². The molecule has 0 aliphatic rings. The van der Waals surface area contributed by atoms with Crippen LogP contribution < -0.4 is 16.0 Å². The normalized spacial score (nSPS) is 10.2. The highest BCUT2D eigenvalue weighted by Gasteiger charge is 2.04. The first-order valence-corrected chi connectivity index (χ1v) is 8.06. The molecule has 136 valence electrons. The lowest BCUT2D eigenvalue weighted by Gasteiger charge is -2.12. The van der Waals surface area contributed by atoms with E-state index in [-0.39, 0.29) is 36.4 Å². The van der Waals surface area contributed by atoms with Crippen molar-refractivity contribution in [1.29, 1.82) is 0 Å². The summed E-state index contributed by atoms with van der Waals surface area (Å²) < 4.78 is 0. The Labute approximate surface area is 171 Å². The smallest absolute Gasteiger partial charge is 0.243 e. The first-order chi connectivity index (χ1) is 12.2. The molecule has 0 radical (unpaired) electrons. The number of hydrogen-bond donors (Lipinski definition) is 3. The van der Waals surface area contributed by atoms with Crippen LogP contribution in [-0.4, -0.2) is 32.0 Å². The van der Waals surface area contributed by atoms with Gasteiger partial charge in [-0.25, -0.2) is 0 Å². The standard InChI is InChI=1S/C20H22N4O.HI/c1-3-16-10-7-11-18(14-16)24-19(25)15-23-20(21-2)22-13-12-17-8-5-4-6-9-17;/h1,4-11,14H,12-13,15H2,2H3,(H,24,25)(H2,21,22,23);1H. The molecule has 0 unspecified atom stereocenters. The maximum absolute atomic E-state index is 12.0. The van der Waals surface area contributed by atoms with Gasteiger partial charge in [0.2, 0.25) is 5.91 Å². The van der Waals surface area contributed by atoms with Crippen LogP contribution in [-0.2, 0) is 11.2 Å². The minimum Gasteiger partial charge on any atom is -0.356 e. The van der Waals surface area contributed by atoms with Crippen molar-refractivity contribution in [3.63, 3.8) is 0 Å². The number of guanidine groups is 1. The number of carbonyl (C=O) groups is 1. The molecule has 0 aliphatic carbocycles. The number of aliphatic imine (C=N–C) groups is 1. The zero-order chi connectivity index (χ0) is 17.9. The zero-order valence-corrected chi connectivity index (χ0v) is 17.0. The number of nitrogens with one attached hydrogen (secondary N) is 3. The van der Waals surface area contributed by atoms with Gasteiger partial charge >= 0.3 is 0 Å². The van der Waals surface area contributed by atoms with E-state index in [0.29, 0.717) is 11.6 Å². The third-order valence-electron chi connectivity index (χ3n) is 3.50. The molecule has 3 N–H and O–H groups in total. The third kappa shape index (κ3) is 7.57. The molecule has 0 atom stereocenters. The summed E-state index contributed by atoms with van der Waals surface area (Å²) in [5, 5.41) is 8.98. The largest absolute Gasteiger partial charge is 0.356 e. The van der Waals surface area contributed by atoms with Crippen molar-refractivity contribution in [3.05, 3.63) is 65.7 Å². The molecule has 2 rings (SSSR count). The van der Waals surface area contributed by atoms with E-state index >= 15 is 0 Å². The summed E-state index contributed by atoms with van der Waals surface area (Å²) >= 11 is 0. The molecule has 0 heterocycles. The second-order valence-electron chi connectivity index (χ2n) is 5.36. The van der Waals surface area contributed by atoms with Gasteiger partial charge in [-0.2, -0.15) is 0 Å². The number of rotatable bonds is 6. The SMILES string of the molecule is C#Cc1cccc(NC(=O)CNC(=NC)NCCc2ccccc2)c1.I. The Morgan fingerprint density at radius 2 is 1.88 bits per heavy atom. The fraction of sp³-hybridized carbons (Fsp3) is 0.200. The zero-order valence-electron chi connectivity index (χ0n) is 14.7. The fourth-order valence-electron chi connectivity index (χ4n) is 2.25. The van der Waals surface area contributed by atoms with Gasteiger partial charge < -0.3 is 16.0 Å². The maximum atomic E-state index is 12.0. The Balaban J connectivity index is 0.00000338. The molecule has 0 spiro atoms. The van der Waals surface area contributed by atoms with E-state index in [0.717, 1.165) is 18.5 Å². The Morgan fingerprint density at radius 3 is 2.58 bits per heavy atom. The topological polar surface area (TPSA) is 65.5 Å². The lowest BCUT2D eigenvalue weighted by atomic mass is 10.1. The van der Waals surface area contributed by atoms with Crippen molar-refractivity contribution in [1.82, 2.24) is 10.6 Å². The van der Waals surface area contributed by atoms with Crippen LogP contribution in [0, 0.1) is 12.3 Å². The molecule has 2 aromatic carbocycles. The van der Waals surface area contributed by atoms with E-state index in [9.17, 15) is 4.79 Å². The molecule has 0 saturated heterocycles. The van der Waals surface area contributed by atoms with Gasteiger partial charge in [0.15, 0.2) is 5.96 Å². The first kappa shape index (κ1) is 21.5. The number of anilines is 1. The number of halogens is 1. The van der Waals surface area contributed by atoms with Gasteiger partial charge in [0.1, 0.15) is 0 Å². The van der Waals surface area contributed by atoms with Crippen LogP contribution in [0.25, 0.3) is 0 Å². The number of terminal acetylenes is 1. The molecule has 0 bridgehead atoms. The molecular weight excluding hydrogens is 439 g/mol.